The molecule has 0 aliphatic carbocycles. The predicted molar refractivity (Wildman–Crippen MR) is 96.0 cm³/mol. The maximum Gasteiger partial charge on any atom is 0.313 e. The van der Waals surface area contributed by atoms with Crippen molar-refractivity contribution in [1.82, 2.24) is 10.3 Å². The zero-order valence-corrected chi connectivity index (χ0v) is 14.8. The molecule has 2 aromatic rings. The molecule has 1 aromatic heterocycles. The quantitative estimate of drug-likeness (QED) is 0.804. The third-order valence-electron chi connectivity index (χ3n) is 4.05. The molecule has 142 valence electrons. The average molecular weight is 373 g/mol. The first-order valence-corrected chi connectivity index (χ1v) is 8.70. The second-order valence-electron chi connectivity index (χ2n) is 5.94. The number of fused-ring (bicyclic) bond motifs is 1. The minimum Gasteiger partial charge on any atom is -0.493 e. The van der Waals surface area contributed by atoms with Crippen molar-refractivity contribution in [3.05, 3.63) is 47.9 Å². The van der Waals surface area contributed by atoms with Gasteiger partial charge in [-0.1, -0.05) is 0 Å². The van der Waals surface area contributed by atoms with Gasteiger partial charge in [0.1, 0.15) is 17.3 Å². The Morgan fingerprint density at radius 1 is 1.33 bits per heavy atom. The standard InChI is InChI=1S/C19H20FN3O4/c1-2-26-19-15(5-3-9-21-19)23-18(25)17(24)22-14-6-4-10-27-16-8-7-12(20)11-13(14)16/h3,5,7-9,11,14H,2,4,6,10H2,1H3,(H,22,24)(H,23,25)/t14-/m0/s1. The van der Waals surface area contributed by atoms with Crippen LogP contribution in [-0.4, -0.2) is 30.0 Å². The fraction of sp³-hybridized carbons (Fsp3) is 0.316. The van der Waals surface area contributed by atoms with Gasteiger partial charge in [-0.2, -0.15) is 0 Å². The van der Waals surface area contributed by atoms with Crippen molar-refractivity contribution < 1.29 is 23.5 Å². The summed E-state index contributed by atoms with van der Waals surface area (Å²) in [5.41, 5.74) is 0.820. The van der Waals surface area contributed by atoms with Crippen LogP contribution in [0, 0.1) is 5.82 Å². The molecule has 2 N–H and O–H groups in total. The monoisotopic (exact) mass is 373 g/mol. The molecule has 0 fully saturated rings. The van der Waals surface area contributed by atoms with Crippen LogP contribution in [0.25, 0.3) is 0 Å². The Bertz CT molecular complexity index is 843. The Morgan fingerprint density at radius 3 is 3.00 bits per heavy atom. The third-order valence-corrected chi connectivity index (χ3v) is 4.05. The van der Waals surface area contributed by atoms with Crippen molar-refractivity contribution >= 4 is 17.5 Å². The molecule has 0 unspecified atom stereocenters. The number of carbonyl (C=O) groups excluding carboxylic acids is 2. The van der Waals surface area contributed by atoms with Gasteiger partial charge in [0.15, 0.2) is 0 Å². The Labute approximate surface area is 155 Å². The Kier molecular flexibility index (Phi) is 5.85. The molecule has 27 heavy (non-hydrogen) atoms. The number of amides is 2. The number of benzene rings is 1. The van der Waals surface area contributed by atoms with E-state index in [2.05, 4.69) is 15.6 Å². The molecule has 0 saturated carbocycles. The molecule has 0 spiro atoms. The molecule has 2 amide bonds. The smallest absolute Gasteiger partial charge is 0.313 e. The van der Waals surface area contributed by atoms with Crippen molar-refractivity contribution in [2.75, 3.05) is 18.5 Å². The first kappa shape index (κ1) is 18.6. The van der Waals surface area contributed by atoms with Gasteiger partial charge in [-0.25, -0.2) is 9.37 Å². The molecule has 1 aliphatic rings. The van der Waals surface area contributed by atoms with Crippen LogP contribution < -0.4 is 20.1 Å². The van der Waals surface area contributed by atoms with Gasteiger partial charge in [0, 0.05) is 11.8 Å². The number of carbonyl (C=O) groups is 2. The van der Waals surface area contributed by atoms with Crippen LogP contribution in [0.3, 0.4) is 0 Å². The van der Waals surface area contributed by atoms with Crippen LogP contribution in [-0.2, 0) is 9.59 Å². The lowest BCUT2D eigenvalue weighted by atomic mass is 10.0. The van der Waals surface area contributed by atoms with Crippen LogP contribution in [0.1, 0.15) is 31.4 Å². The van der Waals surface area contributed by atoms with E-state index < -0.39 is 23.7 Å². The van der Waals surface area contributed by atoms with E-state index in [-0.39, 0.29) is 5.88 Å². The van der Waals surface area contributed by atoms with E-state index in [0.29, 0.717) is 43.1 Å². The highest BCUT2D eigenvalue weighted by molar-refractivity contribution is 6.39. The fourth-order valence-electron chi connectivity index (χ4n) is 2.84. The predicted octanol–water partition coefficient (Wildman–Crippen LogP) is 2.59. The van der Waals surface area contributed by atoms with Crippen LogP contribution in [0.5, 0.6) is 11.6 Å². The lowest BCUT2D eigenvalue weighted by Gasteiger charge is -2.18. The molecular weight excluding hydrogens is 353 g/mol. The van der Waals surface area contributed by atoms with Gasteiger partial charge in [-0.15, -0.1) is 0 Å². The number of pyridine rings is 1. The van der Waals surface area contributed by atoms with Gasteiger partial charge in [-0.05, 0) is 50.1 Å². The summed E-state index contributed by atoms with van der Waals surface area (Å²) in [6.07, 6.45) is 2.73. The van der Waals surface area contributed by atoms with Gasteiger partial charge in [-0.3, -0.25) is 9.59 Å². The topological polar surface area (TPSA) is 89.5 Å². The zero-order valence-electron chi connectivity index (χ0n) is 14.8. The summed E-state index contributed by atoms with van der Waals surface area (Å²) in [7, 11) is 0. The van der Waals surface area contributed by atoms with E-state index in [1.807, 2.05) is 0 Å². The van der Waals surface area contributed by atoms with Crippen molar-refractivity contribution in [2.24, 2.45) is 0 Å². The molecule has 0 radical (unpaired) electrons. The van der Waals surface area contributed by atoms with Gasteiger partial charge in [0.2, 0.25) is 5.88 Å². The van der Waals surface area contributed by atoms with Crippen molar-refractivity contribution in [2.45, 2.75) is 25.8 Å². The number of nitrogens with zero attached hydrogens (tertiary/aromatic N) is 1. The minimum absolute atomic E-state index is 0.233. The first-order valence-electron chi connectivity index (χ1n) is 8.70. The van der Waals surface area contributed by atoms with E-state index >= 15 is 0 Å². The molecule has 0 saturated heterocycles. The molecule has 0 bridgehead atoms. The van der Waals surface area contributed by atoms with Gasteiger partial charge in [0.05, 0.1) is 19.3 Å². The Hall–Kier alpha value is -3.16. The van der Waals surface area contributed by atoms with E-state index in [1.165, 1.54) is 24.4 Å². The lowest BCUT2D eigenvalue weighted by Crippen LogP contribution is -2.37. The largest absolute Gasteiger partial charge is 0.493 e. The van der Waals surface area contributed by atoms with E-state index in [0.717, 1.165) is 0 Å². The Balaban J connectivity index is 1.72. The first-order chi connectivity index (χ1) is 13.1. The number of anilines is 1. The maximum absolute atomic E-state index is 13.6. The van der Waals surface area contributed by atoms with Gasteiger partial charge in [0.25, 0.3) is 0 Å². The SMILES string of the molecule is CCOc1ncccc1NC(=O)C(=O)N[C@H]1CCCOc2ccc(F)cc21. The van der Waals surface area contributed by atoms with Crippen LogP contribution in [0.2, 0.25) is 0 Å². The Morgan fingerprint density at radius 2 is 2.19 bits per heavy atom. The van der Waals surface area contributed by atoms with E-state index in [4.69, 9.17) is 9.47 Å². The summed E-state index contributed by atoms with van der Waals surface area (Å²) in [6.45, 7) is 2.62. The number of hydrogen-bond donors (Lipinski definition) is 2. The van der Waals surface area contributed by atoms with Crippen LogP contribution in [0.15, 0.2) is 36.5 Å². The van der Waals surface area contributed by atoms with Crippen molar-refractivity contribution in [1.29, 1.82) is 0 Å². The summed E-state index contributed by atoms with van der Waals surface area (Å²) in [5.74, 6) is -1.38. The average Bonchev–Trinajstić information content (AvgIpc) is 2.85. The minimum atomic E-state index is -0.855. The molecule has 1 atom stereocenters. The van der Waals surface area contributed by atoms with Crippen LogP contribution >= 0.6 is 0 Å². The molecule has 1 aliphatic heterocycles. The molecule has 2 heterocycles. The summed E-state index contributed by atoms with van der Waals surface area (Å²) < 4.78 is 24.5. The molecule has 1 aromatic carbocycles. The molecule has 8 heteroatoms. The number of hydrogen-bond acceptors (Lipinski definition) is 5. The highest BCUT2D eigenvalue weighted by Crippen LogP contribution is 2.32. The molecule has 7 nitrogen and oxygen atoms in total. The molecular formula is C19H20FN3O4. The normalized spacial score (nSPS) is 15.7. The summed E-state index contributed by atoms with van der Waals surface area (Å²) in [6, 6.07) is 6.84. The summed E-state index contributed by atoms with van der Waals surface area (Å²) >= 11 is 0. The molecule has 3 rings (SSSR count). The second kappa shape index (κ2) is 8.48. The van der Waals surface area contributed by atoms with Crippen LogP contribution in [0.4, 0.5) is 10.1 Å². The number of nitrogens with one attached hydrogen (secondary N) is 2. The number of aromatic nitrogens is 1. The number of ether oxygens (including phenoxy) is 2. The van der Waals surface area contributed by atoms with Gasteiger partial charge >= 0.3 is 11.8 Å². The lowest BCUT2D eigenvalue weighted by molar-refractivity contribution is -0.136. The number of halogens is 1. The summed E-state index contributed by atoms with van der Waals surface area (Å²) in [5, 5.41) is 5.15. The highest BCUT2D eigenvalue weighted by Gasteiger charge is 2.25. The zero-order chi connectivity index (χ0) is 19.2. The van der Waals surface area contributed by atoms with Crippen molar-refractivity contribution in [3.63, 3.8) is 0 Å². The van der Waals surface area contributed by atoms with E-state index in [1.54, 1.807) is 19.1 Å². The summed E-state index contributed by atoms with van der Waals surface area (Å²) in [4.78, 5) is 28.7. The maximum atomic E-state index is 13.6. The fourth-order valence-corrected chi connectivity index (χ4v) is 2.84. The highest BCUT2D eigenvalue weighted by atomic mass is 19.1. The number of rotatable bonds is 4. The van der Waals surface area contributed by atoms with Crippen molar-refractivity contribution in [3.8, 4) is 11.6 Å². The van der Waals surface area contributed by atoms with Gasteiger partial charge < -0.3 is 20.1 Å². The second-order valence-corrected chi connectivity index (χ2v) is 5.94. The van der Waals surface area contributed by atoms with E-state index in [9.17, 15) is 14.0 Å². The third kappa shape index (κ3) is 4.52.